The van der Waals surface area contributed by atoms with Crippen molar-refractivity contribution in [3.63, 3.8) is 0 Å². The van der Waals surface area contributed by atoms with E-state index in [1.807, 2.05) is 0 Å². The lowest BCUT2D eigenvalue weighted by atomic mass is 10.3. The van der Waals surface area contributed by atoms with E-state index in [0.29, 0.717) is 6.61 Å². The summed E-state index contributed by atoms with van der Waals surface area (Å²) in [6.45, 7) is 0.655. The Kier molecular flexibility index (Phi) is 3.42. The fourth-order valence-corrected chi connectivity index (χ4v) is 1.35. The molecule has 7 nitrogen and oxygen atoms in total. The number of aromatic nitrogens is 1. The highest BCUT2D eigenvalue weighted by molar-refractivity contribution is 6.05. The van der Waals surface area contributed by atoms with E-state index >= 15 is 0 Å². The lowest BCUT2D eigenvalue weighted by molar-refractivity contribution is -0.117. The van der Waals surface area contributed by atoms with Crippen molar-refractivity contribution in [1.82, 2.24) is 4.98 Å². The zero-order chi connectivity index (χ0) is 13.0. The first-order chi connectivity index (χ1) is 8.68. The van der Waals surface area contributed by atoms with E-state index in [1.165, 1.54) is 24.6 Å². The smallest absolute Gasteiger partial charge is 0.356 e. The summed E-state index contributed by atoms with van der Waals surface area (Å²) in [6, 6.07) is 2.97. The van der Waals surface area contributed by atoms with Crippen molar-refractivity contribution < 1.29 is 24.2 Å². The summed E-state index contributed by atoms with van der Waals surface area (Å²) in [6.07, 6.45) is 2.52. The number of pyridine rings is 1. The van der Waals surface area contributed by atoms with E-state index in [1.54, 1.807) is 0 Å². The molecule has 0 radical (unpaired) electrons. The van der Waals surface area contributed by atoms with Gasteiger partial charge in [0, 0.05) is 6.20 Å². The summed E-state index contributed by atoms with van der Waals surface area (Å²) in [5, 5.41) is 11.3. The molecule has 1 aromatic heterocycles. The highest BCUT2D eigenvalue weighted by atomic mass is 16.6. The van der Waals surface area contributed by atoms with Gasteiger partial charge < -0.3 is 19.9 Å². The van der Waals surface area contributed by atoms with E-state index in [9.17, 15) is 9.59 Å². The van der Waals surface area contributed by atoms with Gasteiger partial charge >= 0.3 is 5.97 Å². The van der Waals surface area contributed by atoms with Crippen molar-refractivity contribution in [3.05, 3.63) is 36.0 Å². The first-order valence-corrected chi connectivity index (χ1v) is 5.12. The van der Waals surface area contributed by atoms with Gasteiger partial charge in [0.1, 0.15) is 19.5 Å². The van der Waals surface area contributed by atoms with Gasteiger partial charge in [0.15, 0.2) is 5.69 Å². The maximum absolute atomic E-state index is 11.7. The SMILES string of the molecule is O=C(Nc1cccnc1C(=O)O)C1=COCCO1. The summed E-state index contributed by atoms with van der Waals surface area (Å²) in [5.74, 6) is -1.80. The van der Waals surface area contributed by atoms with Gasteiger partial charge in [-0.1, -0.05) is 0 Å². The van der Waals surface area contributed by atoms with Gasteiger partial charge in [-0.3, -0.25) is 4.79 Å². The van der Waals surface area contributed by atoms with Crippen LogP contribution in [0.5, 0.6) is 0 Å². The molecule has 0 saturated carbocycles. The minimum atomic E-state index is -1.22. The Hall–Kier alpha value is -2.57. The molecule has 0 atom stereocenters. The number of hydrogen-bond donors (Lipinski definition) is 2. The number of hydrogen-bond acceptors (Lipinski definition) is 5. The first-order valence-electron chi connectivity index (χ1n) is 5.12. The number of amides is 1. The maximum atomic E-state index is 11.7. The molecule has 7 heteroatoms. The number of rotatable bonds is 3. The van der Waals surface area contributed by atoms with E-state index in [4.69, 9.17) is 14.6 Å². The zero-order valence-corrected chi connectivity index (χ0v) is 9.25. The van der Waals surface area contributed by atoms with Gasteiger partial charge in [0.25, 0.3) is 5.91 Å². The number of anilines is 1. The molecule has 1 amide bonds. The van der Waals surface area contributed by atoms with Crippen LogP contribution in [0.1, 0.15) is 10.5 Å². The third-order valence-electron chi connectivity index (χ3n) is 2.13. The zero-order valence-electron chi connectivity index (χ0n) is 9.25. The normalized spacial score (nSPS) is 13.9. The number of carboxylic acid groups (broad SMARTS) is 1. The molecule has 2 heterocycles. The van der Waals surface area contributed by atoms with Crippen molar-refractivity contribution in [1.29, 1.82) is 0 Å². The highest BCUT2D eigenvalue weighted by Gasteiger charge is 2.18. The highest BCUT2D eigenvalue weighted by Crippen LogP contribution is 2.14. The van der Waals surface area contributed by atoms with Gasteiger partial charge in [-0.25, -0.2) is 9.78 Å². The Labute approximate surface area is 102 Å². The van der Waals surface area contributed by atoms with Crippen molar-refractivity contribution in [3.8, 4) is 0 Å². The molecule has 0 aliphatic carbocycles. The molecule has 0 bridgehead atoms. The number of carboxylic acids is 1. The molecule has 94 valence electrons. The monoisotopic (exact) mass is 250 g/mol. The number of nitrogens with zero attached hydrogens (tertiary/aromatic N) is 1. The largest absolute Gasteiger partial charge is 0.494 e. The molecule has 0 spiro atoms. The van der Waals surface area contributed by atoms with Crippen LogP contribution < -0.4 is 5.32 Å². The minimum Gasteiger partial charge on any atom is -0.494 e. The Morgan fingerprint density at radius 2 is 2.22 bits per heavy atom. The fourth-order valence-electron chi connectivity index (χ4n) is 1.35. The number of carbonyl (C=O) groups is 2. The molecule has 18 heavy (non-hydrogen) atoms. The first kappa shape index (κ1) is 11.9. The van der Waals surface area contributed by atoms with E-state index in [2.05, 4.69) is 10.3 Å². The van der Waals surface area contributed by atoms with E-state index < -0.39 is 11.9 Å². The Morgan fingerprint density at radius 3 is 2.89 bits per heavy atom. The molecule has 2 rings (SSSR count). The third kappa shape index (κ3) is 2.57. The summed E-state index contributed by atoms with van der Waals surface area (Å²) in [5.41, 5.74) is -0.131. The summed E-state index contributed by atoms with van der Waals surface area (Å²) in [4.78, 5) is 26.3. The van der Waals surface area contributed by atoms with Crippen LogP contribution in [-0.4, -0.2) is 35.2 Å². The quantitative estimate of drug-likeness (QED) is 0.815. The van der Waals surface area contributed by atoms with Crippen LogP contribution in [0, 0.1) is 0 Å². The average molecular weight is 250 g/mol. The van der Waals surface area contributed by atoms with Gasteiger partial charge in [-0.05, 0) is 12.1 Å². The number of carbonyl (C=O) groups excluding carboxylic acids is 1. The minimum absolute atomic E-state index is 0.00134. The number of ether oxygens (including phenoxy) is 2. The van der Waals surface area contributed by atoms with Gasteiger partial charge in [-0.2, -0.15) is 0 Å². The van der Waals surface area contributed by atoms with Gasteiger partial charge in [0.2, 0.25) is 5.76 Å². The Morgan fingerprint density at radius 1 is 1.39 bits per heavy atom. The van der Waals surface area contributed by atoms with Crippen LogP contribution in [0.4, 0.5) is 5.69 Å². The van der Waals surface area contributed by atoms with Crippen LogP contribution in [0.15, 0.2) is 30.4 Å². The molecular formula is C11H10N2O5. The Bertz CT molecular complexity index is 512. The summed E-state index contributed by atoms with van der Waals surface area (Å²) < 4.78 is 10.0. The molecule has 0 saturated heterocycles. The van der Waals surface area contributed by atoms with E-state index in [0.717, 1.165) is 0 Å². The topological polar surface area (TPSA) is 97.8 Å². The second kappa shape index (κ2) is 5.17. The summed E-state index contributed by atoms with van der Waals surface area (Å²) >= 11 is 0. The molecule has 1 aromatic rings. The van der Waals surface area contributed by atoms with Crippen LogP contribution >= 0.6 is 0 Å². The average Bonchev–Trinajstić information content (AvgIpc) is 2.40. The standard InChI is InChI=1S/C11H10N2O5/c14-10(8-6-17-4-5-18-8)13-7-2-1-3-12-9(7)11(15)16/h1-3,6H,4-5H2,(H,13,14)(H,15,16). The molecule has 1 aliphatic rings. The number of nitrogens with one attached hydrogen (secondary N) is 1. The molecule has 0 unspecified atom stereocenters. The van der Waals surface area contributed by atoms with Crippen LogP contribution in [-0.2, 0) is 14.3 Å². The molecule has 1 aliphatic heterocycles. The van der Waals surface area contributed by atoms with Crippen molar-refractivity contribution in [2.75, 3.05) is 18.5 Å². The van der Waals surface area contributed by atoms with E-state index in [-0.39, 0.29) is 23.7 Å². The van der Waals surface area contributed by atoms with Gasteiger partial charge in [0.05, 0.1) is 5.69 Å². The summed E-state index contributed by atoms with van der Waals surface area (Å²) in [7, 11) is 0. The lowest BCUT2D eigenvalue weighted by Crippen LogP contribution is -2.22. The second-order valence-corrected chi connectivity index (χ2v) is 3.36. The lowest BCUT2D eigenvalue weighted by Gasteiger charge is -2.15. The molecule has 0 aromatic carbocycles. The Balaban J connectivity index is 2.16. The van der Waals surface area contributed by atoms with Crippen LogP contribution in [0.25, 0.3) is 0 Å². The van der Waals surface area contributed by atoms with Crippen molar-refractivity contribution >= 4 is 17.6 Å². The number of aromatic carboxylic acids is 1. The molecule has 2 N–H and O–H groups in total. The maximum Gasteiger partial charge on any atom is 0.356 e. The van der Waals surface area contributed by atoms with Crippen LogP contribution in [0.3, 0.4) is 0 Å². The predicted octanol–water partition coefficient (Wildman–Crippen LogP) is 0.607. The van der Waals surface area contributed by atoms with Crippen molar-refractivity contribution in [2.24, 2.45) is 0 Å². The third-order valence-corrected chi connectivity index (χ3v) is 2.13. The van der Waals surface area contributed by atoms with Crippen molar-refractivity contribution in [2.45, 2.75) is 0 Å². The van der Waals surface area contributed by atoms with Gasteiger partial charge in [-0.15, -0.1) is 0 Å². The predicted molar refractivity (Wildman–Crippen MR) is 59.8 cm³/mol. The second-order valence-electron chi connectivity index (χ2n) is 3.36. The van der Waals surface area contributed by atoms with Crippen LogP contribution in [0.2, 0.25) is 0 Å². The fraction of sp³-hybridized carbons (Fsp3) is 0.182. The molecular weight excluding hydrogens is 240 g/mol. The molecule has 0 fully saturated rings.